The molecule has 1 saturated heterocycles. The lowest BCUT2D eigenvalue weighted by Crippen LogP contribution is -2.48. The molecule has 1 spiro atoms. The zero-order chi connectivity index (χ0) is 23.8. The van der Waals surface area contributed by atoms with Gasteiger partial charge in [0.25, 0.3) is 0 Å². The van der Waals surface area contributed by atoms with Gasteiger partial charge in [0.15, 0.2) is 17.3 Å². The van der Waals surface area contributed by atoms with Gasteiger partial charge >= 0.3 is 0 Å². The molecule has 168 valence electrons. The summed E-state index contributed by atoms with van der Waals surface area (Å²) in [5.74, 6) is -1.13. The number of halogens is 1. The third kappa shape index (κ3) is 2.57. The van der Waals surface area contributed by atoms with Crippen molar-refractivity contribution in [3.05, 3.63) is 106 Å². The second kappa shape index (κ2) is 7.25. The normalized spacial score (nSPS) is 23.7. The quantitative estimate of drug-likeness (QED) is 0.455. The molecule has 3 aromatic rings. The van der Waals surface area contributed by atoms with E-state index >= 15 is 0 Å². The number of anilines is 1. The molecule has 2 aliphatic heterocycles. The van der Waals surface area contributed by atoms with Crippen molar-refractivity contribution in [1.82, 2.24) is 0 Å². The average Bonchev–Trinajstić information content (AvgIpc) is 3.26. The van der Waals surface area contributed by atoms with Crippen molar-refractivity contribution in [1.29, 1.82) is 0 Å². The predicted molar refractivity (Wildman–Crippen MR) is 133 cm³/mol. The van der Waals surface area contributed by atoms with Crippen LogP contribution in [0.25, 0.3) is 6.08 Å². The van der Waals surface area contributed by atoms with Gasteiger partial charge in [-0.15, -0.1) is 0 Å². The molecule has 0 amide bonds. The first-order valence-electron chi connectivity index (χ1n) is 11.4. The lowest BCUT2D eigenvalue weighted by Gasteiger charge is -2.37. The number of rotatable bonds is 2. The van der Waals surface area contributed by atoms with E-state index in [1.54, 1.807) is 37.3 Å². The molecule has 3 aromatic carbocycles. The molecular formula is C29H22ClNO3. The Bertz CT molecular complexity index is 1390. The Morgan fingerprint density at radius 2 is 1.59 bits per heavy atom. The number of hydrogen-bond donors (Lipinski definition) is 0. The van der Waals surface area contributed by atoms with Crippen molar-refractivity contribution in [3.63, 3.8) is 0 Å². The monoisotopic (exact) mass is 467 g/mol. The maximum atomic E-state index is 14.3. The Morgan fingerprint density at radius 1 is 0.941 bits per heavy atom. The molecule has 0 radical (unpaired) electrons. The van der Waals surface area contributed by atoms with Gasteiger partial charge in [0, 0.05) is 27.8 Å². The minimum absolute atomic E-state index is 0.0831. The molecule has 3 aliphatic rings. The number of aryl methyl sites for hydroxylation is 1. The van der Waals surface area contributed by atoms with Gasteiger partial charge in [-0.05, 0) is 43.2 Å². The standard InChI is InChI=1S/C29H22ClNO3/c1-16-7-9-18(10-8-16)25-26(17(2)32)31-23-13-12-20(30)15-19(23)11-14-24(31)29(25)27(33)21-5-3-4-6-22(21)28(29)34/h3-15,24-26H,1-2H3. The van der Waals surface area contributed by atoms with Crippen LogP contribution >= 0.6 is 11.6 Å². The van der Waals surface area contributed by atoms with Gasteiger partial charge < -0.3 is 4.90 Å². The van der Waals surface area contributed by atoms with Crippen molar-refractivity contribution in [2.45, 2.75) is 31.8 Å². The zero-order valence-corrected chi connectivity index (χ0v) is 19.5. The van der Waals surface area contributed by atoms with E-state index in [4.69, 9.17) is 11.6 Å². The smallest absolute Gasteiger partial charge is 0.180 e. The Morgan fingerprint density at radius 3 is 2.21 bits per heavy atom. The largest absolute Gasteiger partial charge is 0.352 e. The fraction of sp³-hybridized carbons (Fsp3) is 0.207. The van der Waals surface area contributed by atoms with E-state index in [-0.39, 0.29) is 17.3 Å². The zero-order valence-electron chi connectivity index (χ0n) is 18.8. The van der Waals surface area contributed by atoms with Crippen molar-refractivity contribution in [2.24, 2.45) is 5.41 Å². The summed E-state index contributed by atoms with van der Waals surface area (Å²) in [4.78, 5) is 43.8. The fourth-order valence-corrected chi connectivity index (χ4v) is 6.43. The fourth-order valence-electron chi connectivity index (χ4n) is 6.25. The van der Waals surface area contributed by atoms with Crippen LogP contribution in [-0.2, 0) is 4.79 Å². The molecular weight excluding hydrogens is 446 g/mol. The van der Waals surface area contributed by atoms with Crippen LogP contribution in [0.4, 0.5) is 5.69 Å². The summed E-state index contributed by atoms with van der Waals surface area (Å²) in [6.45, 7) is 3.54. The number of ketones is 3. The third-order valence-corrected chi connectivity index (χ3v) is 7.85. The molecule has 2 heterocycles. The minimum atomic E-state index is -1.43. The summed E-state index contributed by atoms with van der Waals surface area (Å²) in [5, 5.41) is 0.589. The maximum absolute atomic E-state index is 14.3. The van der Waals surface area contributed by atoms with Crippen LogP contribution in [0, 0.1) is 12.3 Å². The molecule has 1 aliphatic carbocycles. The van der Waals surface area contributed by atoms with Crippen molar-refractivity contribution >= 4 is 40.7 Å². The highest BCUT2D eigenvalue weighted by atomic mass is 35.5. The van der Waals surface area contributed by atoms with E-state index in [1.807, 2.05) is 60.4 Å². The summed E-state index contributed by atoms with van der Waals surface area (Å²) in [6, 6.07) is 19.1. The van der Waals surface area contributed by atoms with Crippen molar-refractivity contribution < 1.29 is 14.4 Å². The Kier molecular flexibility index (Phi) is 4.49. The first-order valence-corrected chi connectivity index (χ1v) is 11.7. The van der Waals surface area contributed by atoms with Gasteiger partial charge in [0.1, 0.15) is 5.41 Å². The number of carbonyl (C=O) groups excluding carboxylic acids is 3. The van der Waals surface area contributed by atoms with Gasteiger partial charge in [-0.25, -0.2) is 0 Å². The molecule has 0 aromatic heterocycles. The van der Waals surface area contributed by atoms with E-state index in [0.29, 0.717) is 16.1 Å². The van der Waals surface area contributed by atoms with E-state index < -0.39 is 23.4 Å². The maximum Gasteiger partial charge on any atom is 0.180 e. The number of benzene rings is 3. The highest BCUT2D eigenvalue weighted by Crippen LogP contribution is 2.60. The van der Waals surface area contributed by atoms with Crippen molar-refractivity contribution in [3.8, 4) is 0 Å². The molecule has 1 fully saturated rings. The molecule has 5 heteroatoms. The van der Waals surface area contributed by atoms with Crippen LogP contribution in [0.1, 0.15) is 50.2 Å². The van der Waals surface area contributed by atoms with Crippen LogP contribution < -0.4 is 4.90 Å². The highest BCUT2D eigenvalue weighted by Gasteiger charge is 2.71. The topological polar surface area (TPSA) is 54.5 Å². The molecule has 34 heavy (non-hydrogen) atoms. The van der Waals surface area contributed by atoms with E-state index in [0.717, 1.165) is 22.4 Å². The Balaban J connectivity index is 1.68. The lowest BCUT2D eigenvalue weighted by molar-refractivity contribution is -0.118. The second-order valence-electron chi connectivity index (χ2n) is 9.43. The highest BCUT2D eigenvalue weighted by molar-refractivity contribution is 6.32. The molecule has 0 N–H and O–H groups in total. The summed E-state index contributed by atoms with van der Waals surface area (Å²) >= 11 is 6.26. The molecule has 0 saturated carbocycles. The summed E-state index contributed by atoms with van der Waals surface area (Å²) in [7, 11) is 0. The van der Waals surface area contributed by atoms with Crippen LogP contribution in [0.5, 0.6) is 0 Å². The predicted octanol–water partition coefficient (Wildman–Crippen LogP) is 5.67. The van der Waals surface area contributed by atoms with Crippen molar-refractivity contribution in [2.75, 3.05) is 4.90 Å². The number of hydrogen-bond acceptors (Lipinski definition) is 4. The van der Waals surface area contributed by atoms with Gasteiger partial charge in [0.05, 0.1) is 12.1 Å². The van der Waals surface area contributed by atoms with Gasteiger partial charge in [0.2, 0.25) is 0 Å². The van der Waals surface area contributed by atoms with Crippen LogP contribution in [-0.4, -0.2) is 29.4 Å². The first-order chi connectivity index (χ1) is 16.4. The minimum Gasteiger partial charge on any atom is -0.352 e. The molecule has 3 unspecified atom stereocenters. The number of carbonyl (C=O) groups is 3. The number of nitrogens with zero attached hydrogens (tertiary/aromatic N) is 1. The second-order valence-corrected chi connectivity index (χ2v) is 9.87. The Hall–Kier alpha value is -3.50. The molecule has 3 atom stereocenters. The van der Waals surface area contributed by atoms with Gasteiger partial charge in [-0.2, -0.15) is 0 Å². The van der Waals surface area contributed by atoms with E-state index in [1.165, 1.54) is 0 Å². The van der Waals surface area contributed by atoms with E-state index in [2.05, 4.69) is 0 Å². The van der Waals surface area contributed by atoms with Gasteiger partial charge in [-0.3, -0.25) is 14.4 Å². The van der Waals surface area contributed by atoms with Crippen LogP contribution in [0.2, 0.25) is 5.02 Å². The number of fused-ring (bicyclic) bond motifs is 5. The number of Topliss-reactive ketones (excluding diaryl/α,β-unsaturated/α-hetero) is 3. The van der Waals surface area contributed by atoms with Crippen LogP contribution in [0.15, 0.2) is 72.8 Å². The summed E-state index contributed by atoms with van der Waals surface area (Å²) in [6.07, 6.45) is 3.83. The first kappa shape index (κ1) is 21.1. The van der Waals surface area contributed by atoms with Crippen LogP contribution in [0.3, 0.4) is 0 Å². The Labute approximate surface area is 202 Å². The molecule has 0 bridgehead atoms. The lowest BCUT2D eigenvalue weighted by atomic mass is 9.64. The third-order valence-electron chi connectivity index (χ3n) is 7.62. The SMILES string of the molecule is CC(=O)C1C(c2ccc(C)cc2)C2(C(=O)c3ccccc3C2=O)C2C=Cc3cc(Cl)ccc3N12. The average molecular weight is 468 g/mol. The summed E-state index contributed by atoms with van der Waals surface area (Å²) < 4.78 is 0. The van der Waals surface area contributed by atoms with E-state index in [9.17, 15) is 14.4 Å². The van der Waals surface area contributed by atoms with Gasteiger partial charge in [-0.1, -0.05) is 77.8 Å². The molecule has 6 rings (SSSR count). The molecule has 4 nitrogen and oxygen atoms in total. The summed E-state index contributed by atoms with van der Waals surface area (Å²) in [5.41, 5.74) is 3.00.